The van der Waals surface area contributed by atoms with Gasteiger partial charge in [-0.3, -0.25) is 9.48 Å². The fourth-order valence-electron chi connectivity index (χ4n) is 2.89. The van der Waals surface area contributed by atoms with Gasteiger partial charge in [-0.1, -0.05) is 11.6 Å². The van der Waals surface area contributed by atoms with Crippen LogP contribution in [0, 0.1) is 6.92 Å². The van der Waals surface area contributed by atoms with Crippen LogP contribution in [0.3, 0.4) is 0 Å². The first kappa shape index (κ1) is 21.7. The molecular weight excluding hydrogens is 434 g/mol. The average molecular weight is 454 g/mol. The smallest absolute Gasteiger partial charge is 0.345 e. The molecule has 12 heteroatoms. The lowest BCUT2D eigenvalue weighted by Crippen LogP contribution is -2.35. The fourth-order valence-corrected chi connectivity index (χ4v) is 4.02. The van der Waals surface area contributed by atoms with E-state index in [9.17, 15) is 13.2 Å². The maximum atomic E-state index is 13.0. The number of allylic oxidation sites excluding steroid dienone is 1. The van der Waals surface area contributed by atoms with E-state index >= 15 is 0 Å². The summed E-state index contributed by atoms with van der Waals surface area (Å²) in [4.78, 5) is 13.0. The molecule has 160 valence electrons. The normalized spacial score (nSPS) is 15.3. The second-order valence-electron chi connectivity index (χ2n) is 6.39. The molecule has 0 unspecified atom stereocenters. The van der Waals surface area contributed by atoms with Crippen molar-refractivity contribution in [2.24, 2.45) is 11.4 Å². The quantitative estimate of drug-likeness (QED) is 0.739. The van der Waals surface area contributed by atoms with Gasteiger partial charge in [0.1, 0.15) is 17.2 Å². The molecule has 0 atom stereocenters. The Morgan fingerprint density at radius 3 is 2.40 bits per heavy atom. The van der Waals surface area contributed by atoms with Crippen LogP contribution in [0.2, 0.25) is 5.02 Å². The van der Waals surface area contributed by atoms with E-state index in [0.717, 1.165) is 4.31 Å². The Labute approximate surface area is 178 Å². The molecule has 1 aliphatic heterocycles. The molecule has 0 saturated carbocycles. The molecule has 0 saturated heterocycles. The molecule has 0 bridgehead atoms. The zero-order valence-electron chi connectivity index (χ0n) is 16.9. The van der Waals surface area contributed by atoms with E-state index in [1.165, 1.54) is 44.2 Å². The minimum atomic E-state index is -4.11. The number of aromatic nitrogens is 2. The Bertz CT molecular complexity index is 1190. The van der Waals surface area contributed by atoms with Crippen molar-refractivity contribution in [1.82, 2.24) is 14.1 Å². The van der Waals surface area contributed by atoms with E-state index in [1.807, 2.05) is 0 Å². The highest BCUT2D eigenvalue weighted by Crippen LogP contribution is 2.36. The molecule has 0 aliphatic carbocycles. The summed E-state index contributed by atoms with van der Waals surface area (Å²) < 4.78 is 41.6. The highest BCUT2D eigenvalue weighted by Gasteiger charge is 2.31. The van der Waals surface area contributed by atoms with Crippen molar-refractivity contribution in [1.29, 1.82) is 0 Å². The van der Waals surface area contributed by atoms with Crippen molar-refractivity contribution in [3.63, 3.8) is 0 Å². The molecule has 10 nitrogen and oxygen atoms in total. The van der Waals surface area contributed by atoms with Gasteiger partial charge in [-0.05, 0) is 13.0 Å². The number of ether oxygens (including phenoxy) is 2. The van der Waals surface area contributed by atoms with E-state index in [-0.39, 0.29) is 22.8 Å². The fraction of sp³-hybridized carbons (Fsp3) is 0.278. The monoisotopic (exact) mass is 453 g/mol. The van der Waals surface area contributed by atoms with Crippen molar-refractivity contribution >= 4 is 39.1 Å². The van der Waals surface area contributed by atoms with E-state index in [0.29, 0.717) is 22.0 Å². The van der Waals surface area contributed by atoms with Crippen molar-refractivity contribution < 1.29 is 22.7 Å². The zero-order valence-corrected chi connectivity index (χ0v) is 18.5. The number of hydrogen-bond acceptors (Lipinski definition) is 6. The van der Waals surface area contributed by atoms with Gasteiger partial charge in [0, 0.05) is 38.0 Å². The number of anilines is 1. The van der Waals surface area contributed by atoms with Crippen LogP contribution in [0.25, 0.3) is 0 Å². The number of nitrogens with zero attached hydrogens (tertiary/aromatic N) is 4. The topological polar surface area (TPSA) is 115 Å². The predicted molar refractivity (Wildman–Crippen MR) is 112 cm³/mol. The highest BCUT2D eigenvalue weighted by molar-refractivity contribution is 7.88. The number of carbonyl (C=O) groups is 1. The van der Waals surface area contributed by atoms with Crippen LogP contribution in [0.5, 0.6) is 11.5 Å². The highest BCUT2D eigenvalue weighted by atomic mass is 35.5. The lowest BCUT2D eigenvalue weighted by molar-refractivity contribution is -0.113. The van der Waals surface area contributed by atoms with Crippen LogP contribution in [0.1, 0.15) is 11.3 Å². The molecule has 3 rings (SSSR count). The van der Waals surface area contributed by atoms with Crippen LogP contribution in [-0.4, -0.2) is 55.4 Å². The third kappa shape index (κ3) is 3.98. The van der Waals surface area contributed by atoms with E-state index in [2.05, 4.69) is 14.8 Å². The molecule has 0 spiro atoms. The van der Waals surface area contributed by atoms with Crippen molar-refractivity contribution in [2.45, 2.75) is 6.92 Å². The SMILES string of the molecule is COc1cc(NC(=O)C2=CC(c3cn(C)nc3C)=NS(=O)(=O)N2C)c(OC)cc1Cl. The van der Waals surface area contributed by atoms with Gasteiger partial charge in [-0.2, -0.15) is 13.5 Å². The molecule has 0 radical (unpaired) electrons. The first-order chi connectivity index (χ1) is 14.1. The van der Waals surface area contributed by atoms with Gasteiger partial charge in [0.05, 0.1) is 36.3 Å². The Balaban J connectivity index is 2.03. The summed E-state index contributed by atoms with van der Waals surface area (Å²) in [5.41, 5.74) is 1.34. The molecule has 1 amide bonds. The summed E-state index contributed by atoms with van der Waals surface area (Å²) in [6, 6.07) is 2.97. The largest absolute Gasteiger partial charge is 0.495 e. The van der Waals surface area contributed by atoms with Gasteiger partial charge in [-0.15, -0.1) is 4.40 Å². The number of likely N-dealkylation sites (N-methyl/N-ethyl adjacent to an activating group) is 1. The molecule has 0 fully saturated rings. The molecule has 1 aromatic carbocycles. The minimum absolute atomic E-state index is 0.115. The van der Waals surface area contributed by atoms with E-state index in [4.69, 9.17) is 21.1 Å². The number of benzene rings is 1. The van der Waals surface area contributed by atoms with Crippen LogP contribution in [0.4, 0.5) is 5.69 Å². The van der Waals surface area contributed by atoms with Crippen molar-refractivity contribution in [3.05, 3.63) is 46.4 Å². The van der Waals surface area contributed by atoms with Crippen molar-refractivity contribution in [2.75, 3.05) is 26.6 Å². The second kappa shape index (κ2) is 8.00. The van der Waals surface area contributed by atoms with Gasteiger partial charge in [0.15, 0.2) is 0 Å². The first-order valence-electron chi connectivity index (χ1n) is 8.61. The number of amides is 1. The minimum Gasteiger partial charge on any atom is -0.495 e. The summed E-state index contributed by atoms with van der Waals surface area (Å²) in [7, 11) is 1.69. The lowest BCUT2D eigenvalue weighted by atomic mass is 10.1. The number of rotatable bonds is 5. The van der Waals surface area contributed by atoms with Crippen LogP contribution >= 0.6 is 11.6 Å². The third-order valence-corrected chi connectivity index (χ3v) is 6.03. The summed E-state index contributed by atoms with van der Waals surface area (Å²) >= 11 is 6.09. The van der Waals surface area contributed by atoms with Gasteiger partial charge >= 0.3 is 10.2 Å². The Morgan fingerprint density at radius 2 is 1.83 bits per heavy atom. The summed E-state index contributed by atoms with van der Waals surface area (Å²) in [5.74, 6) is -0.0784. The summed E-state index contributed by atoms with van der Waals surface area (Å²) in [6.07, 6.45) is 3.02. The number of nitrogens with one attached hydrogen (secondary N) is 1. The number of hydrogen-bond donors (Lipinski definition) is 1. The number of carbonyl (C=O) groups excluding carboxylic acids is 1. The van der Waals surface area contributed by atoms with Gasteiger partial charge in [0.2, 0.25) is 0 Å². The summed E-state index contributed by atoms with van der Waals surface area (Å²) in [6.45, 7) is 1.72. The van der Waals surface area contributed by atoms with Gasteiger partial charge < -0.3 is 14.8 Å². The van der Waals surface area contributed by atoms with Crippen LogP contribution in [-0.2, 0) is 22.1 Å². The molecular formula is C18H20ClN5O5S. The third-order valence-electron chi connectivity index (χ3n) is 4.42. The van der Waals surface area contributed by atoms with Crippen molar-refractivity contribution in [3.8, 4) is 11.5 Å². The molecule has 2 aromatic rings. The van der Waals surface area contributed by atoms with Crippen LogP contribution < -0.4 is 14.8 Å². The van der Waals surface area contributed by atoms with E-state index < -0.39 is 16.1 Å². The van der Waals surface area contributed by atoms with Gasteiger partial charge in [0.25, 0.3) is 5.91 Å². The van der Waals surface area contributed by atoms with Crippen LogP contribution in [0.15, 0.2) is 34.5 Å². The number of halogens is 1. The van der Waals surface area contributed by atoms with Gasteiger partial charge in [-0.25, -0.2) is 4.31 Å². The second-order valence-corrected chi connectivity index (χ2v) is 8.43. The average Bonchev–Trinajstić information content (AvgIpc) is 3.02. The predicted octanol–water partition coefficient (Wildman–Crippen LogP) is 1.90. The standard InChI is InChI=1S/C18H20ClN5O5S/c1-10-11(9-23(2)21-10)13-7-15(24(3)30(26,27)22-13)18(25)20-14-8-16(28-4)12(19)6-17(14)29-5/h6-9H,1-5H3,(H,20,25). The molecule has 1 aliphatic rings. The Kier molecular flexibility index (Phi) is 5.77. The molecule has 2 heterocycles. The molecule has 1 aromatic heterocycles. The molecule has 30 heavy (non-hydrogen) atoms. The van der Waals surface area contributed by atoms with E-state index in [1.54, 1.807) is 20.2 Å². The Morgan fingerprint density at radius 1 is 1.17 bits per heavy atom. The number of aryl methyl sites for hydroxylation is 2. The maximum absolute atomic E-state index is 13.0. The lowest BCUT2D eigenvalue weighted by Gasteiger charge is -2.24. The molecule has 1 N–H and O–H groups in total. The maximum Gasteiger partial charge on any atom is 0.345 e. The zero-order chi connectivity index (χ0) is 22.2. The number of methoxy groups -OCH3 is 2. The summed E-state index contributed by atoms with van der Waals surface area (Å²) in [5, 5.41) is 7.13. The Hall–Kier alpha value is -3.05. The first-order valence-corrected chi connectivity index (χ1v) is 10.4.